The van der Waals surface area contributed by atoms with Crippen molar-refractivity contribution >= 4 is 9.84 Å². The SMILES string of the molecule is CC(C)(C)NCC1(CCCS(C)(=O)=O)CC2CCC1C2. The summed E-state index contributed by atoms with van der Waals surface area (Å²) in [5.41, 5.74) is 0.507. The van der Waals surface area contributed by atoms with Crippen molar-refractivity contribution in [3.63, 3.8) is 0 Å². The molecule has 0 aromatic carbocycles. The van der Waals surface area contributed by atoms with Gasteiger partial charge in [0.25, 0.3) is 0 Å². The van der Waals surface area contributed by atoms with E-state index in [0.29, 0.717) is 11.2 Å². The molecule has 0 saturated heterocycles. The van der Waals surface area contributed by atoms with Gasteiger partial charge in [-0.25, -0.2) is 8.42 Å². The lowest BCUT2D eigenvalue weighted by Gasteiger charge is -2.40. The molecule has 0 aliphatic heterocycles. The molecule has 2 rings (SSSR count). The van der Waals surface area contributed by atoms with Crippen LogP contribution in [0.15, 0.2) is 0 Å². The van der Waals surface area contributed by atoms with Crippen LogP contribution in [0.25, 0.3) is 0 Å². The van der Waals surface area contributed by atoms with Crippen molar-refractivity contribution < 1.29 is 8.42 Å². The van der Waals surface area contributed by atoms with Crippen molar-refractivity contribution in [1.29, 1.82) is 0 Å². The van der Waals surface area contributed by atoms with Gasteiger partial charge in [0.2, 0.25) is 0 Å². The first kappa shape index (κ1) is 16.3. The Morgan fingerprint density at radius 1 is 1.25 bits per heavy atom. The van der Waals surface area contributed by atoms with Gasteiger partial charge in [0.15, 0.2) is 0 Å². The van der Waals surface area contributed by atoms with Crippen LogP contribution in [0, 0.1) is 17.3 Å². The maximum Gasteiger partial charge on any atom is 0.147 e. The first-order chi connectivity index (χ1) is 9.10. The van der Waals surface area contributed by atoms with Gasteiger partial charge < -0.3 is 5.32 Å². The molecule has 0 heterocycles. The summed E-state index contributed by atoms with van der Waals surface area (Å²) in [6.07, 6.45) is 8.70. The van der Waals surface area contributed by atoms with E-state index in [1.165, 1.54) is 31.9 Å². The van der Waals surface area contributed by atoms with Crippen molar-refractivity contribution in [1.82, 2.24) is 5.32 Å². The first-order valence-electron chi connectivity index (χ1n) is 8.02. The Hall–Kier alpha value is -0.0900. The molecule has 2 bridgehead atoms. The van der Waals surface area contributed by atoms with Crippen molar-refractivity contribution in [2.75, 3.05) is 18.6 Å². The molecule has 2 saturated carbocycles. The summed E-state index contributed by atoms with van der Waals surface area (Å²) in [6, 6.07) is 0. The number of sulfone groups is 1. The fourth-order valence-corrected chi connectivity index (χ4v) is 4.97. The molecule has 118 valence electrons. The molecule has 0 spiro atoms. The number of rotatable bonds is 6. The molecule has 20 heavy (non-hydrogen) atoms. The molecule has 2 fully saturated rings. The van der Waals surface area contributed by atoms with Crippen molar-refractivity contribution in [2.45, 2.75) is 64.8 Å². The van der Waals surface area contributed by atoms with Crippen LogP contribution in [0.4, 0.5) is 0 Å². The van der Waals surface area contributed by atoms with Gasteiger partial charge in [-0.3, -0.25) is 0 Å². The number of nitrogens with one attached hydrogen (secondary N) is 1. The van der Waals surface area contributed by atoms with E-state index in [-0.39, 0.29) is 5.54 Å². The molecule has 1 N–H and O–H groups in total. The number of hydrogen-bond donors (Lipinski definition) is 1. The monoisotopic (exact) mass is 301 g/mol. The summed E-state index contributed by atoms with van der Waals surface area (Å²) in [4.78, 5) is 0. The largest absolute Gasteiger partial charge is 0.312 e. The molecule has 0 radical (unpaired) electrons. The maximum atomic E-state index is 11.4. The van der Waals surface area contributed by atoms with Crippen LogP contribution in [0.1, 0.15) is 59.3 Å². The minimum Gasteiger partial charge on any atom is -0.312 e. The highest BCUT2D eigenvalue weighted by Crippen LogP contribution is 2.57. The molecule has 3 nitrogen and oxygen atoms in total. The lowest BCUT2D eigenvalue weighted by molar-refractivity contribution is 0.129. The number of fused-ring (bicyclic) bond motifs is 2. The molecule has 2 aliphatic rings. The maximum absolute atomic E-state index is 11.4. The van der Waals surface area contributed by atoms with E-state index >= 15 is 0 Å². The van der Waals surface area contributed by atoms with Crippen LogP contribution >= 0.6 is 0 Å². The third-order valence-electron chi connectivity index (χ3n) is 5.26. The molecule has 4 heteroatoms. The Bertz CT molecular complexity index is 438. The van der Waals surface area contributed by atoms with E-state index in [2.05, 4.69) is 26.1 Å². The van der Waals surface area contributed by atoms with Gasteiger partial charge in [-0.05, 0) is 70.1 Å². The molecule has 0 amide bonds. The third-order valence-corrected chi connectivity index (χ3v) is 6.29. The van der Waals surface area contributed by atoms with E-state index in [0.717, 1.165) is 31.2 Å². The number of hydrogen-bond acceptors (Lipinski definition) is 3. The zero-order valence-corrected chi connectivity index (χ0v) is 14.4. The highest BCUT2D eigenvalue weighted by atomic mass is 32.2. The Morgan fingerprint density at radius 2 is 1.95 bits per heavy atom. The molecule has 0 aromatic heterocycles. The van der Waals surface area contributed by atoms with Gasteiger partial charge in [-0.2, -0.15) is 0 Å². The zero-order chi connectivity index (χ0) is 15.0. The predicted molar refractivity (Wildman–Crippen MR) is 84.6 cm³/mol. The summed E-state index contributed by atoms with van der Waals surface area (Å²) < 4.78 is 22.7. The standard InChI is InChI=1S/C16H31NO2S/c1-15(2,3)17-12-16(8-5-9-20(4,18)19)11-13-6-7-14(16)10-13/h13-14,17H,5-12H2,1-4H3. The van der Waals surface area contributed by atoms with Crippen LogP contribution < -0.4 is 5.32 Å². The minimum atomic E-state index is -2.82. The third kappa shape index (κ3) is 4.20. The van der Waals surface area contributed by atoms with E-state index < -0.39 is 9.84 Å². The van der Waals surface area contributed by atoms with Gasteiger partial charge in [0.05, 0.1) is 0 Å². The van der Waals surface area contributed by atoms with Crippen LogP contribution in [0.2, 0.25) is 0 Å². The fourth-order valence-electron chi connectivity index (χ4n) is 4.30. The smallest absolute Gasteiger partial charge is 0.147 e. The van der Waals surface area contributed by atoms with Crippen LogP contribution in [-0.2, 0) is 9.84 Å². The van der Waals surface area contributed by atoms with Crippen LogP contribution in [-0.4, -0.2) is 32.5 Å². The van der Waals surface area contributed by atoms with E-state index in [4.69, 9.17) is 0 Å². The van der Waals surface area contributed by atoms with Crippen LogP contribution in [0.3, 0.4) is 0 Å². The van der Waals surface area contributed by atoms with Crippen LogP contribution in [0.5, 0.6) is 0 Å². The highest BCUT2D eigenvalue weighted by molar-refractivity contribution is 7.90. The highest BCUT2D eigenvalue weighted by Gasteiger charge is 2.50. The second kappa shape index (κ2) is 5.60. The van der Waals surface area contributed by atoms with Gasteiger partial charge >= 0.3 is 0 Å². The quantitative estimate of drug-likeness (QED) is 0.820. The van der Waals surface area contributed by atoms with Crippen molar-refractivity contribution in [2.24, 2.45) is 17.3 Å². The Morgan fingerprint density at radius 3 is 2.40 bits per heavy atom. The second-order valence-corrected chi connectivity index (χ2v) is 10.5. The summed E-state index contributed by atoms with van der Waals surface area (Å²) in [5.74, 6) is 2.07. The van der Waals surface area contributed by atoms with Gasteiger partial charge in [-0.15, -0.1) is 0 Å². The summed E-state index contributed by atoms with van der Waals surface area (Å²) in [7, 11) is -2.82. The van der Waals surface area contributed by atoms with Gasteiger partial charge in [0, 0.05) is 24.1 Å². The molecule has 2 aliphatic carbocycles. The van der Waals surface area contributed by atoms with Crippen molar-refractivity contribution in [3.8, 4) is 0 Å². The molecular weight excluding hydrogens is 270 g/mol. The topological polar surface area (TPSA) is 46.2 Å². The first-order valence-corrected chi connectivity index (χ1v) is 10.1. The normalized spacial score (nSPS) is 33.8. The molecule has 0 aromatic rings. The fraction of sp³-hybridized carbons (Fsp3) is 1.00. The van der Waals surface area contributed by atoms with Gasteiger partial charge in [0.1, 0.15) is 9.84 Å². The average molecular weight is 301 g/mol. The van der Waals surface area contributed by atoms with Gasteiger partial charge in [-0.1, -0.05) is 6.42 Å². The average Bonchev–Trinajstić information content (AvgIpc) is 2.84. The van der Waals surface area contributed by atoms with Crippen molar-refractivity contribution in [3.05, 3.63) is 0 Å². The summed E-state index contributed by atoms with van der Waals surface area (Å²) in [5, 5.41) is 3.69. The molecule has 3 unspecified atom stereocenters. The Kier molecular flexibility index (Phi) is 4.56. The molecular formula is C16H31NO2S. The second-order valence-electron chi connectivity index (χ2n) is 8.28. The van der Waals surface area contributed by atoms with E-state index in [1.807, 2.05) is 0 Å². The summed E-state index contributed by atoms with van der Waals surface area (Å²) in [6.45, 7) is 7.70. The molecule has 3 atom stereocenters. The Balaban J connectivity index is 1.98. The minimum absolute atomic E-state index is 0.145. The summed E-state index contributed by atoms with van der Waals surface area (Å²) >= 11 is 0. The predicted octanol–water partition coefficient (Wildman–Crippen LogP) is 3.01. The lowest BCUT2D eigenvalue weighted by Crippen LogP contribution is -2.46. The Labute approximate surface area is 124 Å². The van der Waals surface area contributed by atoms with E-state index in [9.17, 15) is 8.42 Å². The zero-order valence-electron chi connectivity index (χ0n) is 13.5. The van der Waals surface area contributed by atoms with E-state index in [1.54, 1.807) is 0 Å². The lowest BCUT2D eigenvalue weighted by atomic mass is 9.70.